The number of pyridine rings is 2. The first kappa shape index (κ1) is 17.7. The summed E-state index contributed by atoms with van der Waals surface area (Å²) in [6, 6.07) is 5.61. The van der Waals surface area contributed by atoms with Gasteiger partial charge in [0, 0.05) is 18.7 Å². The Morgan fingerprint density at radius 3 is 2.55 bits per heavy atom. The van der Waals surface area contributed by atoms with Crippen LogP contribution in [0, 0.1) is 18.3 Å². The molecule has 0 unspecified atom stereocenters. The number of rotatable bonds is 3. The van der Waals surface area contributed by atoms with E-state index in [0.717, 1.165) is 10.1 Å². The van der Waals surface area contributed by atoms with Gasteiger partial charge in [0.05, 0.1) is 0 Å². The Hall–Kier alpha value is -2.39. The van der Waals surface area contributed by atoms with Gasteiger partial charge in [0.25, 0.3) is 5.56 Å². The van der Waals surface area contributed by atoms with E-state index in [0.29, 0.717) is 11.1 Å². The van der Waals surface area contributed by atoms with Gasteiger partial charge in [-0.25, -0.2) is 4.98 Å². The summed E-state index contributed by atoms with van der Waals surface area (Å²) in [6.07, 6.45) is 6.99. The lowest BCUT2D eigenvalue weighted by Crippen LogP contribution is -3.00. The van der Waals surface area contributed by atoms with Gasteiger partial charge in [-0.1, -0.05) is 12.2 Å². The molecule has 0 aromatic carbocycles. The van der Waals surface area contributed by atoms with Crippen molar-refractivity contribution >= 4 is 12.2 Å². The van der Waals surface area contributed by atoms with Crippen molar-refractivity contribution in [3.8, 4) is 11.9 Å². The molecule has 5 nitrogen and oxygen atoms in total. The first-order valence-corrected chi connectivity index (χ1v) is 6.58. The highest BCUT2D eigenvalue weighted by Gasteiger charge is 2.11. The number of aromatic amines is 1. The van der Waals surface area contributed by atoms with Gasteiger partial charge in [0.1, 0.15) is 11.6 Å². The highest BCUT2D eigenvalue weighted by atomic mass is 79.9. The average Bonchev–Trinajstić information content (AvgIpc) is 2.49. The van der Waals surface area contributed by atoms with Crippen molar-refractivity contribution in [3.63, 3.8) is 0 Å². The molecule has 1 N–H and O–H groups in total. The van der Waals surface area contributed by atoms with Crippen LogP contribution in [0.2, 0.25) is 0 Å². The first-order valence-electron chi connectivity index (χ1n) is 6.58. The lowest BCUT2D eigenvalue weighted by Gasteiger charge is -2.20. The zero-order valence-electron chi connectivity index (χ0n) is 12.3. The average molecular weight is 361 g/mol. The molecule has 2 aromatic rings. The molecular formula is C16H15BrN3O2-. The minimum atomic E-state index is -0.519. The second-order valence-corrected chi connectivity index (χ2v) is 4.55. The number of nitrogens with one attached hydrogen (secondary N) is 1. The number of hydrogen-bond acceptors (Lipinski definition) is 3. The van der Waals surface area contributed by atoms with Gasteiger partial charge in [-0.05, 0) is 36.4 Å². The molecule has 0 atom stereocenters. The Bertz CT molecular complexity index is 790. The lowest BCUT2D eigenvalue weighted by molar-refractivity contribution is -0.378. The molecule has 22 heavy (non-hydrogen) atoms. The van der Waals surface area contributed by atoms with Crippen LogP contribution in [0.25, 0.3) is 12.2 Å². The lowest BCUT2D eigenvalue weighted by atomic mass is 10.0. The molecule has 0 aliphatic heterocycles. The number of nitrogens with zero attached hydrogens (tertiary/aromatic N) is 2. The normalized spacial score (nSPS) is 10.2. The van der Waals surface area contributed by atoms with Crippen molar-refractivity contribution in [1.29, 1.82) is 5.26 Å². The maximum Gasteiger partial charge on any atom is 0.268 e. The van der Waals surface area contributed by atoms with Gasteiger partial charge in [-0.3, -0.25) is 4.79 Å². The van der Waals surface area contributed by atoms with Gasteiger partial charge >= 0.3 is 0 Å². The van der Waals surface area contributed by atoms with Crippen molar-refractivity contribution < 1.29 is 27.1 Å². The molecule has 0 radical (unpaired) electrons. The van der Waals surface area contributed by atoms with Crippen LogP contribution in [-0.2, 0) is 6.54 Å². The third kappa shape index (κ3) is 3.26. The molecule has 0 fully saturated rings. The van der Waals surface area contributed by atoms with E-state index < -0.39 is 5.56 Å². The Morgan fingerprint density at radius 2 is 2.00 bits per heavy atom. The van der Waals surface area contributed by atoms with Crippen molar-refractivity contribution in [3.05, 3.63) is 57.1 Å². The second kappa shape index (κ2) is 7.57. The fourth-order valence-corrected chi connectivity index (χ4v) is 2.13. The summed E-state index contributed by atoms with van der Waals surface area (Å²) in [5, 5.41) is 21.5. The van der Waals surface area contributed by atoms with E-state index in [2.05, 4.69) is 4.98 Å². The third-order valence-electron chi connectivity index (χ3n) is 3.33. The summed E-state index contributed by atoms with van der Waals surface area (Å²) in [5.74, 6) is -0.363. The van der Waals surface area contributed by atoms with Crippen LogP contribution in [-0.4, -0.2) is 4.57 Å². The smallest absolute Gasteiger partial charge is 0.268 e. The van der Waals surface area contributed by atoms with Crippen LogP contribution in [0.3, 0.4) is 0 Å². The zero-order valence-corrected chi connectivity index (χ0v) is 13.8. The largest absolute Gasteiger partial charge is 1.00 e. The van der Waals surface area contributed by atoms with Gasteiger partial charge in [0.2, 0.25) is 0 Å². The molecule has 0 spiro atoms. The maximum absolute atomic E-state index is 12.3. The Labute approximate surface area is 138 Å². The summed E-state index contributed by atoms with van der Waals surface area (Å²) in [4.78, 5) is 14.9. The Kier molecular flexibility index (Phi) is 6.08. The summed E-state index contributed by atoms with van der Waals surface area (Å²) in [7, 11) is 0. The Morgan fingerprint density at radius 1 is 1.36 bits per heavy atom. The fraction of sp³-hybridized carbons (Fsp3) is 0.188. The van der Waals surface area contributed by atoms with E-state index in [1.807, 2.05) is 18.2 Å². The minimum Gasteiger partial charge on any atom is -1.00 e. The van der Waals surface area contributed by atoms with Crippen molar-refractivity contribution in [1.82, 2.24) is 4.57 Å². The SMILES string of the molecule is CCn1c([O-])c(/C=C/c2cc[nH+]cc2)c(C)c(C#N)c1=O.[Br-]. The summed E-state index contributed by atoms with van der Waals surface area (Å²) >= 11 is 0. The summed E-state index contributed by atoms with van der Waals surface area (Å²) < 4.78 is 1.09. The van der Waals surface area contributed by atoms with E-state index in [9.17, 15) is 9.90 Å². The molecule has 2 heterocycles. The van der Waals surface area contributed by atoms with Crippen LogP contribution in [0.15, 0.2) is 29.3 Å². The molecule has 0 bridgehead atoms. The summed E-state index contributed by atoms with van der Waals surface area (Å²) in [6.45, 7) is 3.58. The number of halogens is 1. The van der Waals surface area contributed by atoms with E-state index >= 15 is 0 Å². The van der Waals surface area contributed by atoms with Gasteiger partial charge in [0.15, 0.2) is 12.4 Å². The first-order chi connectivity index (χ1) is 10.1. The number of aromatic nitrogens is 2. The van der Waals surface area contributed by atoms with E-state index in [1.165, 1.54) is 0 Å². The Balaban J connectivity index is 0.00000242. The molecule has 6 heteroatoms. The molecule has 0 aliphatic carbocycles. The predicted octanol–water partition coefficient (Wildman–Crippen LogP) is -1.89. The van der Waals surface area contributed by atoms with Crippen LogP contribution >= 0.6 is 0 Å². The van der Waals surface area contributed by atoms with E-state index in [1.54, 1.807) is 38.4 Å². The molecule has 2 rings (SSSR count). The minimum absolute atomic E-state index is 0. The highest BCUT2D eigenvalue weighted by molar-refractivity contribution is 5.74. The van der Waals surface area contributed by atoms with Crippen molar-refractivity contribution in [2.75, 3.05) is 0 Å². The van der Waals surface area contributed by atoms with Crippen LogP contribution in [0.1, 0.15) is 29.2 Å². The maximum atomic E-state index is 12.3. The predicted molar refractivity (Wildman–Crippen MR) is 77.2 cm³/mol. The van der Waals surface area contributed by atoms with Crippen molar-refractivity contribution in [2.45, 2.75) is 20.4 Å². The molecular weight excluding hydrogens is 346 g/mol. The second-order valence-electron chi connectivity index (χ2n) is 4.55. The van der Waals surface area contributed by atoms with Crippen LogP contribution in [0.4, 0.5) is 0 Å². The molecule has 0 amide bonds. The standard InChI is InChI=1S/C16H15N3O2.BrH/c1-3-19-15(20)13(11(2)14(10-17)16(19)21)5-4-12-6-8-18-9-7-12;/h4-9,20H,3H2,1-2H3;1H/p-1/b5-4+;. The van der Waals surface area contributed by atoms with E-state index in [4.69, 9.17) is 5.26 Å². The topological polar surface area (TPSA) is 83.0 Å². The van der Waals surface area contributed by atoms with Gasteiger partial charge < -0.3 is 26.7 Å². The molecule has 2 aromatic heterocycles. The number of H-pyrrole nitrogens is 1. The molecule has 0 saturated heterocycles. The molecule has 0 saturated carbocycles. The van der Waals surface area contributed by atoms with Gasteiger partial charge in [-0.2, -0.15) is 5.26 Å². The van der Waals surface area contributed by atoms with Crippen LogP contribution < -0.4 is 32.6 Å². The van der Waals surface area contributed by atoms with E-state index in [-0.39, 0.29) is 35.0 Å². The summed E-state index contributed by atoms with van der Waals surface area (Å²) in [5.41, 5.74) is 1.23. The number of hydrogen-bond donors (Lipinski definition) is 0. The molecule has 0 aliphatic rings. The van der Waals surface area contributed by atoms with Gasteiger partial charge in [-0.15, -0.1) is 0 Å². The number of nitriles is 1. The highest BCUT2D eigenvalue weighted by Crippen LogP contribution is 2.21. The van der Waals surface area contributed by atoms with Crippen LogP contribution in [0.5, 0.6) is 5.88 Å². The fourth-order valence-electron chi connectivity index (χ4n) is 2.13. The monoisotopic (exact) mass is 360 g/mol. The van der Waals surface area contributed by atoms with Crippen molar-refractivity contribution in [2.24, 2.45) is 0 Å². The quantitative estimate of drug-likeness (QED) is 0.641. The molecule has 114 valence electrons. The zero-order chi connectivity index (χ0) is 15.4. The third-order valence-corrected chi connectivity index (χ3v) is 3.33.